The van der Waals surface area contributed by atoms with E-state index >= 15 is 0 Å². The molecule has 0 spiro atoms. The van der Waals surface area contributed by atoms with Crippen molar-refractivity contribution in [1.82, 2.24) is 5.32 Å². The van der Waals surface area contributed by atoms with E-state index < -0.39 is 23.4 Å². The number of amides is 1. The first-order chi connectivity index (χ1) is 18.5. The van der Waals surface area contributed by atoms with Crippen LogP contribution in [0.25, 0.3) is 0 Å². The van der Waals surface area contributed by atoms with Crippen molar-refractivity contribution in [1.29, 1.82) is 0 Å². The number of rotatable bonds is 18. The second-order valence-electron chi connectivity index (χ2n) is 8.87. The van der Waals surface area contributed by atoms with Gasteiger partial charge < -0.3 is 35.2 Å². The molecule has 0 fully saturated rings. The van der Waals surface area contributed by atoms with Crippen molar-refractivity contribution in [2.45, 2.75) is 103 Å². The van der Waals surface area contributed by atoms with Crippen LogP contribution in [0.3, 0.4) is 0 Å². The van der Waals surface area contributed by atoms with Crippen molar-refractivity contribution >= 4 is 41.0 Å². The molecule has 5 N–H and O–H groups in total. The van der Waals surface area contributed by atoms with Crippen LogP contribution in [0.1, 0.15) is 86.0 Å². The quantitative estimate of drug-likeness (QED) is 0.0502. The van der Waals surface area contributed by atoms with E-state index in [4.69, 9.17) is 24.8 Å². The number of carbonyl (C=O) groups excluding carboxylic acids is 3. The first kappa shape index (κ1) is 44.7. The van der Waals surface area contributed by atoms with Crippen molar-refractivity contribution in [3.63, 3.8) is 0 Å². The van der Waals surface area contributed by atoms with Gasteiger partial charge in [-0.25, -0.2) is 4.79 Å². The monoisotopic (exact) mass is 601 g/mol. The summed E-state index contributed by atoms with van der Waals surface area (Å²) in [5.74, 6) is -1.03. The molecule has 0 aliphatic rings. The van der Waals surface area contributed by atoms with E-state index in [2.05, 4.69) is 12.2 Å². The van der Waals surface area contributed by atoms with E-state index in [1.165, 1.54) is 32.1 Å². The minimum Gasteiger partial charge on any atom is -0.516 e. The topological polar surface area (TPSA) is 163 Å². The SMILES string of the molecule is CCCCCCCCCCOC(=O)C(CSC=O)NC(=O)CSC(O)C=CO.CCO.CO.COC(C)(C)C. The molecule has 39 heavy (non-hydrogen) atoms. The van der Waals surface area contributed by atoms with Gasteiger partial charge in [-0.05, 0) is 40.2 Å². The second kappa shape index (κ2) is 34.7. The Morgan fingerprint density at radius 1 is 1.00 bits per heavy atom. The number of methoxy groups -OCH3 is 1. The number of carbonyl (C=O) groups is 3. The molecule has 1 amide bonds. The lowest BCUT2D eigenvalue weighted by Crippen LogP contribution is -2.44. The number of thioether (sulfide) groups is 2. The average Bonchev–Trinajstić information content (AvgIpc) is 2.90. The predicted molar refractivity (Wildman–Crippen MR) is 163 cm³/mol. The number of hydrogen-bond donors (Lipinski definition) is 5. The zero-order chi connectivity index (χ0) is 31.0. The third-order valence-corrected chi connectivity index (χ3v) is 6.03. The minimum atomic E-state index is -1.02. The summed E-state index contributed by atoms with van der Waals surface area (Å²) >= 11 is 1.77. The van der Waals surface area contributed by atoms with Crippen LogP contribution in [0.5, 0.6) is 0 Å². The highest BCUT2D eigenvalue weighted by Crippen LogP contribution is 2.10. The third-order valence-electron chi connectivity index (χ3n) is 4.44. The number of esters is 1. The highest BCUT2D eigenvalue weighted by molar-refractivity contribution is 8.11. The minimum absolute atomic E-state index is 0.0417. The molecule has 0 bridgehead atoms. The highest BCUT2D eigenvalue weighted by Gasteiger charge is 2.22. The normalized spacial score (nSPS) is 11.9. The summed E-state index contributed by atoms with van der Waals surface area (Å²) in [4.78, 5) is 34.6. The fraction of sp³-hybridized carbons (Fsp3) is 0.815. The summed E-state index contributed by atoms with van der Waals surface area (Å²) in [6, 6.07) is -0.914. The van der Waals surface area contributed by atoms with E-state index in [1.54, 1.807) is 14.0 Å². The van der Waals surface area contributed by atoms with Crippen LogP contribution < -0.4 is 5.32 Å². The van der Waals surface area contributed by atoms with Gasteiger partial charge in [0.15, 0.2) is 5.62 Å². The zero-order valence-electron chi connectivity index (χ0n) is 25.0. The second-order valence-corrected chi connectivity index (χ2v) is 10.8. The molecule has 0 aromatic carbocycles. The van der Waals surface area contributed by atoms with Crippen molar-refractivity contribution in [2.75, 3.05) is 38.9 Å². The Bertz CT molecular complexity index is 574. The Labute approximate surface area is 244 Å². The maximum Gasteiger partial charge on any atom is 0.329 e. The van der Waals surface area contributed by atoms with Gasteiger partial charge >= 0.3 is 5.97 Å². The summed E-state index contributed by atoms with van der Waals surface area (Å²) in [6.07, 6.45) is 10.9. The molecule has 0 aromatic rings. The van der Waals surface area contributed by atoms with Gasteiger partial charge in [0.05, 0.1) is 24.2 Å². The molecule has 2 unspecified atom stereocenters. The zero-order valence-corrected chi connectivity index (χ0v) is 26.7. The first-order valence-corrected chi connectivity index (χ1v) is 15.3. The third kappa shape index (κ3) is 41.3. The molecule has 0 aliphatic carbocycles. The lowest BCUT2D eigenvalue weighted by Gasteiger charge is -2.16. The lowest BCUT2D eigenvalue weighted by atomic mass is 10.1. The van der Waals surface area contributed by atoms with Crippen LogP contribution in [-0.2, 0) is 23.9 Å². The number of hydrogen-bond acceptors (Lipinski definition) is 11. The van der Waals surface area contributed by atoms with Gasteiger partial charge in [0.2, 0.25) is 5.91 Å². The van der Waals surface area contributed by atoms with Crippen molar-refractivity contribution in [3.05, 3.63) is 12.3 Å². The summed E-state index contributed by atoms with van der Waals surface area (Å²) in [5.41, 5.74) is -0.373. The van der Waals surface area contributed by atoms with E-state index in [0.29, 0.717) is 18.5 Å². The molecule has 234 valence electrons. The van der Waals surface area contributed by atoms with Gasteiger partial charge in [-0.15, -0.1) is 11.8 Å². The molecule has 10 nitrogen and oxygen atoms in total. The van der Waals surface area contributed by atoms with Gasteiger partial charge in [-0.2, -0.15) is 0 Å². The highest BCUT2D eigenvalue weighted by atomic mass is 32.2. The fourth-order valence-corrected chi connectivity index (χ4v) is 3.42. The Kier molecular flexibility index (Phi) is 39.8. The molecular formula is C27H55NO9S2. The fourth-order valence-electron chi connectivity index (χ4n) is 2.34. The van der Waals surface area contributed by atoms with Crippen LogP contribution >= 0.6 is 23.5 Å². The lowest BCUT2D eigenvalue weighted by molar-refractivity contribution is -0.147. The van der Waals surface area contributed by atoms with E-state index in [9.17, 15) is 19.5 Å². The Morgan fingerprint density at radius 2 is 1.49 bits per heavy atom. The Balaban J connectivity index is -0.000000471. The number of nitrogens with one attached hydrogen (secondary N) is 1. The Morgan fingerprint density at radius 3 is 1.92 bits per heavy atom. The van der Waals surface area contributed by atoms with Crippen molar-refractivity contribution in [2.24, 2.45) is 0 Å². The molecule has 0 rings (SSSR count). The summed E-state index contributed by atoms with van der Waals surface area (Å²) in [6.45, 7) is 10.5. The van der Waals surface area contributed by atoms with Crippen LogP contribution in [0, 0.1) is 0 Å². The van der Waals surface area contributed by atoms with Crippen LogP contribution in [0.2, 0.25) is 0 Å². The molecule has 0 aromatic heterocycles. The summed E-state index contributed by atoms with van der Waals surface area (Å²) in [5, 5.41) is 35.1. The van der Waals surface area contributed by atoms with Crippen molar-refractivity contribution < 1.29 is 44.3 Å². The molecular weight excluding hydrogens is 546 g/mol. The van der Waals surface area contributed by atoms with Crippen LogP contribution in [0.4, 0.5) is 0 Å². The molecule has 2 atom stereocenters. The van der Waals surface area contributed by atoms with Crippen molar-refractivity contribution in [3.8, 4) is 0 Å². The predicted octanol–water partition coefficient (Wildman–Crippen LogP) is 4.24. The molecule has 0 heterocycles. The molecule has 0 saturated carbocycles. The number of aliphatic hydroxyl groups excluding tert-OH is 4. The Hall–Kier alpha value is -1.31. The maximum absolute atomic E-state index is 12.2. The van der Waals surface area contributed by atoms with E-state index in [0.717, 1.165) is 56.0 Å². The van der Waals surface area contributed by atoms with Gasteiger partial charge in [0.25, 0.3) is 0 Å². The van der Waals surface area contributed by atoms with Gasteiger partial charge in [0.1, 0.15) is 11.5 Å². The molecule has 0 saturated heterocycles. The maximum atomic E-state index is 12.2. The number of unbranched alkanes of at least 4 members (excludes halogenated alkanes) is 7. The summed E-state index contributed by atoms with van der Waals surface area (Å²) < 4.78 is 10.2. The van der Waals surface area contributed by atoms with E-state index in [1.807, 2.05) is 20.8 Å². The number of ether oxygens (including phenoxy) is 2. The molecule has 12 heteroatoms. The van der Waals surface area contributed by atoms with Gasteiger partial charge in [-0.3, -0.25) is 9.59 Å². The van der Waals surface area contributed by atoms with Crippen LogP contribution in [-0.4, -0.2) is 93.9 Å². The van der Waals surface area contributed by atoms with E-state index in [-0.39, 0.29) is 23.7 Å². The molecule has 0 radical (unpaired) electrons. The average molecular weight is 602 g/mol. The van der Waals surface area contributed by atoms with Gasteiger partial charge in [-0.1, -0.05) is 63.6 Å². The smallest absolute Gasteiger partial charge is 0.329 e. The molecule has 0 aliphatic heterocycles. The standard InChI is InChI=1S/C19H33NO6S2.C5H12O.C2H6O.CH4O/c1-2-3-4-5-6-7-8-9-12-26-19(25)16(13-27-15-22)20-17(23)14-28-18(24)10-11-21;1-5(2,3)6-4;1-2-3;1-2/h10-11,15-16,18,21,24H,2-9,12-14H2,1H3,(H,20,23);1-4H3;3H,2H2,1H3;2H,1H3. The van der Waals surface area contributed by atoms with Gasteiger partial charge in [0, 0.05) is 26.6 Å². The number of aliphatic hydroxyl groups is 4. The first-order valence-electron chi connectivity index (χ1n) is 13.2. The summed E-state index contributed by atoms with van der Waals surface area (Å²) in [7, 11) is 2.71. The van der Waals surface area contributed by atoms with Crippen LogP contribution in [0.15, 0.2) is 12.3 Å². The largest absolute Gasteiger partial charge is 0.516 e.